The lowest BCUT2D eigenvalue weighted by Gasteiger charge is -2.29. The van der Waals surface area contributed by atoms with E-state index in [1.165, 1.54) is 12.1 Å². The maximum Gasteiger partial charge on any atom is 0.134 e. The summed E-state index contributed by atoms with van der Waals surface area (Å²) in [7, 11) is 0. The van der Waals surface area contributed by atoms with Gasteiger partial charge in [0.25, 0.3) is 0 Å². The summed E-state index contributed by atoms with van der Waals surface area (Å²) < 4.78 is 24.3. The second-order valence-corrected chi connectivity index (χ2v) is 6.80. The van der Waals surface area contributed by atoms with Gasteiger partial charge in [0.15, 0.2) is 0 Å². The molecule has 0 unspecified atom stereocenters. The normalized spacial score (nSPS) is 14.4. The SMILES string of the molecule is Fc1ccc(-c2ccc(CNc3ccc(N4CCOCC4)c(Cl)c3)o2)cc1. The van der Waals surface area contributed by atoms with E-state index in [9.17, 15) is 4.39 Å². The predicted octanol–water partition coefficient (Wildman–Crippen LogP) is 5.19. The first-order valence-corrected chi connectivity index (χ1v) is 9.27. The Labute approximate surface area is 162 Å². The molecule has 0 aliphatic carbocycles. The molecule has 6 heteroatoms. The molecular weight excluding hydrogens is 367 g/mol. The highest BCUT2D eigenvalue weighted by Crippen LogP contribution is 2.30. The van der Waals surface area contributed by atoms with Gasteiger partial charge in [-0.2, -0.15) is 0 Å². The molecule has 0 spiro atoms. The second-order valence-electron chi connectivity index (χ2n) is 6.39. The van der Waals surface area contributed by atoms with Crippen LogP contribution in [0.1, 0.15) is 5.76 Å². The fraction of sp³-hybridized carbons (Fsp3) is 0.238. The van der Waals surface area contributed by atoms with Crippen LogP contribution in [0.2, 0.25) is 5.02 Å². The van der Waals surface area contributed by atoms with E-state index in [1.54, 1.807) is 12.1 Å². The summed E-state index contributed by atoms with van der Waals surface area (Å²) in [5, 5.41) is 4.04. The topological polar surface area (TPSA) is 37.6 Å². The molecule has 1 N–H and O–H groups in total. The van der Waals surface area contributed by atoms with Crippen LogP contribution in [-0.4, -0.2) is 26.3 Å². The molecule has 1 fully saturated rings. The summed E-state index contributed by atoms with van der Waals surface area (Å²) in [6.45, 7) is 3.70. The van der Waals surface area contributed by atoms with Crippen molar-refractivity contribution < 1.29 is 13.5 Å². The van der Waals surface area contributed by atoms with Crippen molar-refractivity contribution in [1.29, 1.82) is 0 Å². The van der Waals surface area contributed by atoms with Crippen LogP contribution in [0.5, 0.6) is 0 Å². The molecule has 27 heavy (non-hydrogen) atoms. The van der Waals surface area contributed by atoms with E-state index in [4.69, 9.17) is 20.8 Å². The molecule has 1 aliphatic rings. The highest BCUT2D eigenvalue weighted by molar-refractivity contribution is 6.33. The van der Waals surface area contributed by atoms with E-state index in [0.29, 0.717) is 17.3 Å². The number of hydrogen-bond donors (Lipinski definition) is 1. The molecule has 1 aromatic heterocycles. The smallest absolute Gasteiger partial charge is 0.134 e. The van der Waals surface area contributed by atoms with Gasteiger partial charge in [0.2, 0.25) is 0 Å². The van der Waals surface area contributed by atoms with Crippen molar-refractivity contribution in [1.82, 2.24) is 0 Å². The van der Waals surface area contributed by atoms with Gasteiger partial charge in [-0.3, -0.25) is 0 Å². The zero-order chi connectivity index (χ0) is 18.6. The Morgan fingerprint density at radius 2 is 1.78 bits per heavy atom. The number of morpholine rings is 1. The summed E-state index contributed by atoms with van der Waals surface area (Å²) >= 11 is 6.46. The van der Waals surface area contributed by atoms with Gasteiger partial charge in [-0.25, -0.2) is 4.39 Å². The van der Waals surface area contributed by atoms with E-state index in [0.717, 1.165) is 49.0 Å². The van der Waals surface area contributed by atoms with E-state index < -0.39 is 0 Å². The van der Waals surface area contributed by atoms with Crippen LogP contribution in [0, 0.1) is 5.82 Å². The van der Waals surface area contributed by atoms with Crippen LogP contribution in [-0.2, 0) is 11.3 Å². The Balaban J connectivity index is 1.40. The van der Waals surface area contributed by atoms with Crippen molar-refractivity contribution >= 4 is 23.0 Å². The Morgan fingerprint density at radius 3 is 2.52 bits per heavy atom. The number of benzene rings is 2. The third-order valence-electron chi connectivity index (χ3n) is 4.56. The van der Waals surface area contributed by atoms with Crippen LogP contribution in [0.3, 0.4) is 0 Å². The Kier molecular flexibility index (Phi) is 5.32. The first-order chi connectivity index (χ1) is 13.2. The lowest BCUT2D eigenvalue weighted by atomic mass is 10.2. The van der Waals surface area contributed by atoms with Gasteiger partial charge in [0.05, 0.1) is 30.5 Å². The molecule has 140 valence electrons. The molecule has 4 nitrogen and oxygen atoms in total. The van der Waals surface area contributed by atoms with Gasteiger partial charge >= 0.3 is 0 Å². The number of anilines is 2. The second kappa shape index (κ2) is 8.03. The summed E-state index contributed by atoms with van der Waals surface area (Å²) in [5.41, 5.74) is 2.81. The molecule has 0 atom stereocenters. The summed E-state index contributed by atoms with van der Waals surface area (Å²) in [5.74, 6) is 1.25. The third kappa shape index (κ3) is 4.26. The molecular formula is C21H20ClFN2O2. The molecule has 0 bridgehead atoms. The summed E-state index contributed by atoms with van der Waals surface area (Å²) in [6.07, 6.45) is 0. The molecule has 1 saturated heterocycles. The molecule has 0 saturated carbocycles. The van der Waals surface area contributed by atoms with Gasteiger partial charge in [0.1, 0.15) is 17.3 Å². The van der Waals surface area contributed by atoms with Gasteiger partial charge in [-0.15, -0.1) is 0 Å². The summed E-state index contributed by atoms with van der Waals surface area (Å²) in [6, 6.07) is 16.0. The van der Waals surface area contributed by atoms with Crippen molar-refractivity contribution in [2.45, 2.75) is 6.54 Å². The molecule has 0 radical (unpaired) electrons. The highest BCUT2D eigenvalue weighted by Gasteiger charge is 2.14. The maximum atomic E-state index is 13.0. The standard InChI is InChI=1S/C21H20ClFN2O2/c22-19-13-17(5-7-20(19)25-9-11-26-12-10-25)24-14-18-6-8-21(27-18)15-1-3-16(23)4-2-15/h1-8,13,24H,9-12,14H2. The highest BCUT2D eigenvalue weighted by atomic mass is 35.5. The summed E-state index contributed by atoms with van der Waals surface area (Å²) in [4.78, 5) is 2.23. The molecule has 0 amide bonds. The lowest BCUT2D eigenvalue weighted by Crippen LogP contribution is -2.36. The van der Waals surface area contributed by atoms with Crippen LogP contribution in [0.25, 0.3) is 11.3 Å². The van der Waals surface area contributed by atoms with Crippen molar-refractivity contribution in [3.05, 3.63) is 71.2 Å². The van der Waals surface area contributed by atoms with Crippen molar-refractivity contribution in [2.75, 3.05) is 36.5 Å². The van der Waals surface area contributed by atoms with Crippen LogP contribution in [0.15, 0.2) is 59.0 Å². The zero-order valence-corrected chi connectivity index (χ0v) is 15.5. The van der Waals surface area contributed by atoms with Gasteiger partial charge < -0.3 is 19.4 Å². The van der Waals surface area contributed by atoms with E-state index in [1.807, 2.05) is 30.3 Å². The quantitative estimate of drug-likeness (QED) is 0.655. The first-order valence-electron chi connectivity index (χ1n) is 8.90. The van der Waals surface area contributed by atoms with Crippen molar-refractivity contribution in [3.63, 3.8) is 0 Å². The van der Waals surface area contributed by atoms with Crippen LogP contribution < -0.4 is 10.2 Å². The first kappa shape index (κ1) is 17.9. The fourth-order valence-corrected chi connectivity index (χ4v) is 3.41. The third-order valence-corrected chi connectivity index (χ3v) is 4.86. The number of furan rings is 1. The lowest BCUT2D eigenvalue weighted by molar-refractivity contribution is 0.122. The van der Waals surface area contributed by atoms with E-state index >= 15 is 0 Å². The molecule has 1 aliphatic heterocycles. The molecule has 2 aromatic carbocycles. The van der Waals surface area contributed by atoms with E-state index in [-0.39, 0.29) is 5.82 Å². The number of nitrogens with one attached hydrogen (secondary N) is 1. The number of halogens is 2. The van der Waals surface area contributed by atoms with E-state index in [2.05, 4.69) is 10.2 Å². The monoisotopic (exact) mass is 386 g/mol. The average molecular weight is 387 g/mol. The molecule has 4 rings (SSSR count). The zero-order valence-electron chi connectivity index (χ0n) is 14.8. The number of rotatable bonds is 5. The number of ether oxygens (including phenoxy) is 1. The van der Waals surface area contributed by atoms with Crippen LogP contribution >= 0.6 is 11.6 Å². The van der Waals surface area contributed by atoms with Gasteiger partial charge in [-0.1, -0.05) is 11.6 Å². The fourth-order valence-electron chi connectivity index (χ4n) is 3.11. The Bertz CT molecular complexity index is 905. The Morgan fingerprint density at radius 1 is 1.00 bits per heavy atom. The van der Waals surface area contributed by atoms with Crippen molar-refractivity contribution in [2.24, 2.45) is 0 Å². The van der Waals surface area contributed by atoms with Gasteiger partial charge in [-0.05, 0) is 54.6 Å². The minimum Gasteiger partial charge on any atom is -0.459 e. The maximum absolute atomic E-state index is 13.0. The Hall–Kier alpha value is -2.50. The number of nitrogens with zero attached hydrogens (tertiary/aromatic N) is 1. The van der Waals surface area contributed by atoms with Crippen molar-refractivity contribution in [3.8, 4) is 11.3 Å². The van der Waals surface area contributed by atoms with Gasteiger partial charge in [0, 0.05) is 24.3 Å². The largest absolute Gasteiger partial charge is 0.459 e. The molecule has 3 aromatic rings. The number of hydrogen-bond acceptors (Lipinski definition) is 4. The minimum atomic E-state index is -0.260. The minimum absolute atomic E-state index is 0.260. The predicted molar refractivity (Wildman–Crippen MR) is 106 cm³/mol. The average Bonchev–Trinajstić information content (AvgIpc) is 3.17. The molecule has 2 heterocycles. The van der Waals surface area contributed by atoms with Crippen LogP contribution in [0.4, 0.5) is 15.8 Å².